The van der Waals surface area contributed by atoms with E-state index in [2.05, 4.69) is 17.1 Å². The molecule has 1 aliphatic heterocycles. The van der Waals surface area contributed by atoms with Crippen LogP contribution in [0.15, 0.2) is 48.5 Å². The van der Waals surface area contributed by atoms with Gasteiger partial charge in [-0.2, -0.15) is 0 Å². The molecule has 1 N–H and O–H groups in total. The van der Waals surface area contributed by atoms with Crippen LogP contribution in [0.4, 0.5) is 17.1 Å². The van der Waals surface area contributed by atoms with Gasteiger partial charge in [0.2, 0.25) is 0 Å². The number of hydrogen-bond donors (Lipinski definition) is 1. The zero-order valence-electron chi connectivity index (χ0n) is 14.1. The molecule has 0 aliphatic carbocycles. The van der Waals surface area contributed by atoms with Crippen LogP contribution in [0.2, 0.25) is 0 Å². The summed E-state index contributed by atoms with van der Waals surface area (Å²) < 4.78 is 0. The first-order chi connectivity index (χ1) is 12.1. The number of nitrogens with one attached hydrogen (secondary N) is 1. The fraction of sp³-hybridized carbons (Fsp3) is 0.316. The van der Waals surface area contributed by atoms with Crippen LogP contribution in [0.1, 0.15) is 30.1 Å². The molecule has 0 spiro atoms. The van der Waals surface area contributed by atoms with Gasteiger partial charge >= 0.3 is 0 Å². The van der Waals surface area contributed by atoms with Gasteiger partial charge < -0.3 is 10.2 Å². The van der Waals surface area contributed by atoms with Gasteiger partial charge in [0.15, 0.2) is 0 Å². The highest BCUT2D eigenvalue weighted by Crippen LogP contribution is 2.30. The lowest BCUT2D eigenvalue weighted by molar-refractivity contribution is -0.385. The van der Waals surface area contributed by atoms with E-state index in [0.29, 0.717) is 11.6 Å². The molecule has 1 saturated heterocycles. The van der Waals surface area contributed by atoms with Gasteiger partial charge in [-0.15, -0.1) is 0 Å². The quantitative estimate of drug-likeness (QED) is 0.672. The van der Waals surface area contributed by atoms with E-state index in [1.165, 1.54) is 12.1 Å². The number of nitrogens with zero attached hydrogens (tertiary/aromatic N) is 2. The Morgan fingerprint density at radius 1 is 1.12 bits per heavy atom. The van der Waals surface area contributed by atoms with E-state index in [0.717, 1.165) is 31.6 Å². The second-order valence-corrected chi connectivity index (χ2v) is 6.42. The number of piperidine rings is 1. The average molecular weight is 339 g/mol. The Morgan fingerprint density at radius 2 is 1.76 bits per heavy atom. The maximum atomic E-state index is 12.6. The monoisotopic (exact) mass is 339 g/mol. The van der Waals surface area contributed by atoms with Crippen molar-refractivity contribution in [3.63, 3.8) is 0 Å². The zero-order chi connectivity index (χ0) is 17.8. The first-order valence-corrected chi connectivity index (χ1v) is 8.45. The van der Waals surface area contributed by atoms with Gasteiger partial charge in [-0.1, -0.05) is 31.2 Å². The van der Waals surface area contributed by atoms with Crippen molar-refractivity contribution < 1.29 is 9.72 Å². The van der Waals surface area contributed by atoms with E-state index < -0.39 is 10.8 Å². The van der Waals surface area contributed by atoms with Crippen LogP contribution in [-0.2, 0) is 0 Å². The smallest absolute Gasteiger partial charge is 0.282 e. The Hall–Kier alpha value is -2.89. The number of nitro benzene ring substituents is 1. The summed E-state index contributed by atoms with van der Waals surface area (Å²) >= 11 is 0. The SMILES string of the molecule is CC1CCN(c2ccccc2NC(=O)c2ccccc2[N+](=O)[O-])CC1. The van der Waals surface area contributed by atoms with Crippen LogP contribution >= 0.6 is 0 Å². The fourth-order valence-corrected chi connectivity index (χ4v) is 3.12. The van der Waals surface area contributed by atoms with Gasteiger partial charge in [0.1, 0.15) is 5.56 Å². The molecule has 0 saturated carbocycles. The summed E-state index contributed by atoms with van der Waals surface area (Å²) in [5.74, 6) is 0.245. The van der Waals surface area contributed by atoms with Crippen LogP contribution in [0.5, 0.6) is 0 Å². The van der Waals surface area contributed by atoms with E-state index in [-0.39, 0.29) is 11.3 Å². The van der Waals surface area contributed by atoms with Gasteiger partial charge in [0.05, 0.1) is 16.3 Å². The lowest BCUT2D eigenvalue weighted by Gasteiger charge is -2.33. The molecule has 2 aromatic rings. The fourth-order valence-electron chi connectivity index (χ4n) is 3.12. The van der Waals surface area contributed by atoms with E-state index in [4.69, 9.17) is 0 Å². The minimum atomic E-state index is -0.535. The number of benzene rings is 2. The standard InChI is InChI=1S/C19H21N3O3/c1-14-10-12-21(13-11-14)18-9-5-3-7-16(18)20-19(23)15-6-2-4-8-17(15)22(24)25/h2-9,14H,10-13H2,1H3,(H,20,23). The van der Waals surface area contributed by atoms with Crippen molar-refractivity contribution in [3.8, 4) is 0 Å². The van der Waals surface area contributed by atoms with Crippen molar-refractivity contribution in [3.05, 3.63) is 64.2 Å². The van der Waals surface area contributed by atoms with Gasteiger partial charge in [-0.05, 0) is 37.0 Å². The molecule has 0 atom stereocenters. The predicted molar refractivity (Wildman–Crippen MR) is 98.1 cm³/mol. The molecule has 1 aliphatic rings. The van der Waals surface area contributed by atoms with E-state index >= 15 is 0 Å². The summed E-state index contributed by atoms with van der Waals surface area (Å²) in [6.07, 6.45) is 2.23. The number of rotatable bonds is 4. The molecule has 1 amide bonds. The van der Waals surface area contributed by atoms with Crippen LogP contribution in [-0.4, -0.2) is 23.9 Å². The summed E-state index contributed by atoms with van der Waals surface area (Å²) in [7, 11) is 0. The molecule has 1 heterocycles. The molecule has 3 rings (SSSR count). The number of carbonyl (C=O) groups is 1. The Morgan fingerprint density at radius 3 is 2.48 bits per heavy atom. The Labute approximate surface area is 146 Å². The number of nitro groups is 1. The molecule has 1 fully saturated rings. The number of anilines is 2. The summed E-state index contributed by atoms with van der Waals surface area (Å²) in [6.45, 7) is 4.14. The van der Waals surface area contributed by atoms with Gasteiger partial charge in [0, 0.05) is 19.2 Å². The van der Waals surface area contributed by atoms with Gasteiger partial charge in [0.25, 0.3) is 11.6 Å². The molecule has 0 radical (unpaired) electrons. The van der Waals surface area contributed by atoms with Gasteiger partial charge in [-0.25, -0.2) is 0 Å². The molecule has 6 nitrogen and oxygen atoms in total. The molecule has 25 heavy (non-hydrogen) atoms. The normalized spacial score (nSPS) is 15.0. The van der Waals surface area contributed by atoms with E-state index in [1.807, 2.05) is 24.3 Å². The number of amides is 1. The third-order valence-electron chi connectivity index (χ3n) is 4.62. The number of para-hydroxylation sites is 3. The second-order valence-electron chi connectivity index (χ2n) is 6.42. The van der Waals surface area contributed by atoms with Crippen LogP contribution in [0, 0.1) is 16.0 Å². The molecule has 130 valence electrons. The van der Waals surface area contributed by atoms with Crippen molar-refractivity contribution in [2.75, 3.05) is 23.3 Å². The van der Waals surface area contributed by atoms with Crippen molar-refractivity contribution in [1.82, 2.24) is 0 Å². The van der Waals surface area contributed by atoms with Crippen molar-refractivity contribution in [2.24, 2.45) is 5.92 Å². The highest BCUT2D eigenvalue weighted by Gasteiger charge is 2.22. The highest BCUT2D eigenvalue weighted by molar-refractivity contribution is 6.08. The maximum Gasteiger partial charge on any atom is 0.282 e. The molecular weight excluding hydrogens is 318 g/mol. The Kier molecular flexibility index (Phi) is 4.97. The van der Waals surface area contributed by atoms with E-state index in [9.17, 15) is 14.9 Å². The van der Waals surface area contributed by atoms with E-state index in [1.54, 1.807) is 12.1 Å². The van der Waals surface area contributed by atoms with Crippen molar-refractivity contribution >= 4 is 23.0 Å². The third-order valence-corrected chi connectivity index (χ3v) is 4.62. The first kappa shape index (κ1) is 17.0. The molecule has 2 aromatic carbocycles. The second kappa shape index (κ2) is 7.34. The zero-order valence-corrected chi connectivity index (χ0v) is 14.1. The number of hydrogen-bond acceptors (Lipinski definition) is 4. The van der Waals surface area contributed by atoms with Crippen LogP contribution in [0.3, 0.4) is 0 Å². The van der Waals surface area contributed by atoms with Crippen LogP contribution < -0.4 is 10.2 Å². The minimum absolute atomic E-state index is 0.0644. The lowest BCUT2D eigenvalue weighted by atomic mass is 9.98. The molecule has 0 bridgehead atoms. The van der Waals surface area contributed by atoms with Gasteiger partial charge in [-0.3, -0.25) is 14.9 Å². The lowest BCUT2D eigenvalue weighted by Crippen LogP contribution is -2.33. The predicted octanol–water partition coefficient (Wildman–Crippen LogP) is 4.08. The first-order valence-electron chi connectivity index (χ1n) is 8.45. The topological polar surface area (TPSA) is 75.5 Å². The van der Waals surface area contributed by atoms with Crippen molar-refractivity contribution in [1.29, 1.82) is 0 Å². The van der Waals surface area contributed by atoms with Crippen molar-refractivity contribution in [2.45, 2.75) is 19.8 Å². The Bertz CT molecular complexity index is 783. The molecule has 0 aromatic heterocycles. The highest BCUT2D eigenvalue weighted by atomic mass is 16.6. The summed E-state index contributed by atoms with van der Waals surface area (Å²) in [6, 6.07) is 13.6. The largest absolute Gasteiger partial charge is 0.370 e. The molecule has 0 unspecified atom stereocenters. The molecular formula is C19H21N3O3. The Balaban J connectivity index is 1.84. The summed E-state index contributed by atoms with van der Waals surface area (Å²) in [4.78, 5) is 25.5. The minimum Gasteiger partial charge on any atom is -0.370 e. The summed E-state index contributed by atoms with van der Waals surface area (Å²) in [5.41, 5.74) is 1.51. The number of carbonyl (C=O) groups excluding carboxylic acids is 1. The third kappa shape index (κ3) is 3.79. The average Bonchev–Trinajstić information content (AvgIpc) is 2.63. The summed E-state index contributed by atoms with van der Waals surface area (Å²) in [5, 5.41) is 14.0. The maximum absolute atomic E-state index is 12.6. The molecule has 6 heteroatoms. The van der Waals surface area contributed by atoms with Crippen LogP contribution in [0.25, 0.3) is 0 Å².